The third-order valence-corrected chi connectivity index (χ3v) is 6.55. The number of hydrogen-bond donors (Lipinski definition) is 0. The van der Waals surface area contributed by atoms with Gasteiger partial charge in [-0.15, -0.1) is 0 Å². The van der Waals surface area contributed by atoms with Crippen LogP contribution in [0, 0.1) is 5.92 Å². The van der Waals surface area contributed by atoms with Crippen LogP contribution >= 0.6 is 0 Å². The zero-order chi connectivity index (χ0) is 18.8. The van der Waals surface area contributed by atoms with Gasteiger partial charge in [0.15, 0.2) is 0 Å². The molecule has 2 amide bonds. The third kappa shape index (κ3) is 3.69. The van der Waals surface area contributed by atoms with Crippen LogP contribution in [0.4, 0.5) is 5.69 Å². The Kier molecular flexibility index (Phi) is 5.37. The molecule has 1 saturated heterocycles. The van der Waals surface area contributed by atoms with E-state index in [2.05, 4.69) is 4.90 Å². The molecule has 2 saturated carbocycles. The molecular weight excluding hydrogens is 340 g/mol. The van der Waals surface area contributed by atoms with Crippen molar-refractivity contribution in [3.63, 3.8) is 0 Å². The van der Waals surface area contributed by atoms with E-state index < -0.39 is 0 Å². The maximum absolute atomic E-state index is 13.5. The van der Waals surface area contributed by atoms with Gasteiger partial charge in [-0.2, -0.15) is 0 Å². The highest BCUT2D eigenvalue weighted by atomic mass is 16.5. The number of anilines is 1. The van der Waals surface area contributed by atoms with E-state index in [-0.39, 0.29) is 17.7 Å². The number of amides is 2. The normalized spacial score (nSPS) is 24.0. The van der Waals surface area contributed by atoms with Crippen LogP contribution in [0.25, 0.3) is 0 Å². The second-order valence-electron chi connectivity index (χ2n) is 8.23. The Hall–Kier alpha value is -2.04. The fourth-order valence-corrected chi connectivity index (χ4v) is 5.12. The highest BCUT2D eigenvalue weighted by Crippen LogP contribution is 2.35. The lowest BCUT2D eigenvalue weighted by Crippen LogP contribution is -2.48. The molecule has 5 nitrogen and oxygen atoms in total. The standard InChI is InChI=1S/C22H30N2O3/c1-27-20-12-10-17(11-13-20)23-15-16(14-21(23)25)22(26)24(18-6-2-3-7-18)19-8-4-5-9-19/h10-13,16,18-19H,2-9,14-15H2,1H3. The van der Waals surface area contributed by atoms with Crippen molar-refractivity contribution in [3.8, 4) is 5.75 Å². The van der Waals surface area contributed by atoms with Crippen LogP contribution < -0.4 is 9.64 Å². The van der Waals surface area contributed by atoms with Crippen LogP contribution in [0.2, 0.25) is 0 Å². The maximum Gasteiger partial charge on any atom is 0.228 e. The lowest BCUT2D eigenvalue weighted by atomic mass is 10.0. The second-order valence-corrected chi connectivity index (χ2v) is 8.23. The average Bonchev–Trinajstić information content (AvgIpc) is 3.44. The minimum absolute atomic E-state index is 0.0521. The molecule has 0 spiro atoms. The minimum Gasteiger partial charge on any atom is -0.497 e. The predicted octanol–water partition coefficient (Wildman–Crippen LogP) is 3.76. The number of methoxy groups -OCH3 is 1. The number of ether oxygens (including phenoxy) is 1. The summed E-state index contributed by atoms with van der Waals surface area (Å²) in [5.41, 5.74) is 0.851. The van der Waals surface area contributed by atoms with Gasteiger partial charge in [0.2, 0.25) is 11.8 Å². The fraction of sp³-hybridized carbons (Fsp3) is 0.636. The number of carbonyl (C=O) groups excluding carboxylic acids is 2. The Morgan fingerprint density at radius 2 is 1.56 bits per heavy atom. The van der Waals surface area contributed by atoms with Gasteiger partial charge in [0.1, 0.15) is 5.75 Å². The average molecular weight is 370 g/mol. The Morgan fingerprint density at radius 1 is 1.00 bits per heavy atom. The molecule has 0 radical (unpaired) electrons. The summed E-state index contributed by atoms with van der Waals surface area (Å²) in [6, 6.07) is 8.31. The molecule has 3 fully saturated rings. The van der Waals surface area contributed by atoms with E-state index in [4.69, 9.17) is 4.74 Å². The molecule has 1 heterocycles. The molecule has 0 aromatic heterocycles. The Labute approximate surface area is 161 Å². The lowest BCUT2D eigenvalue weighted by Gasteiger charge is -2.36. The van der Waals surface area contributed by atoms with Crippen LogP contribution in [0.1, 0.15) is 57.8 Å². The molecule has 3 aliphatic rings. The summed E-state index contributed by atoms with van der Waals surface area (Å²) >= 11 is 0. The maximum atomic E-state index is 13.5. The number of rotatable bonds is 5. The first-order chi connectivity index (χ1) is 13.2. The van der Waals surface area contributed by atoms with Crippen molar-refractivity contribution in [2.75, 3.05) is 18.6 Å². The first-order valence-electron chi connectivity index (χ1n) is 10.4. The quantitative estimate of drug-likeness (QED) is 0.793. The molecule has 4 rings (SSSR count). The van der Waals surface area contributed by atoms with Gasteiger partial charge in [0.25, 0.3) is 0 Å². The molecule has 0 N–H and O–H groups in total. The summed E-state index contributed by atoms with van der Waals surface area (Å²) < 4.78 is 5.20. The highest BCUT2D eigenvalue weighted by molar-refractivity contribution is 6.00. The van der Waals surface area contributed by atoms with Crippen molar-refractivity contribution in [2.24, 2.45) is 5.92 Å². The lowest BCUT2D eigenvalue weighted by molar-refractivity contribution is -0.140. The van der Waals surface area contributed by atoms with Crippen LogP contribution in [0.3, 0.4) is 0 Å². The number of benzene rings is 1. The topological polar surface area (TPSA) is 49.9 Å². The van der Waals surface area contributed by atoms with E-state index in [1.165, 1.54) is 25.7 Å². The molecule has 0 bridgehead atoms. The van der Waals surface area contributed by atoms with Gasteiger partial charge in [-0.25, -0.2) is 0 Å². The monoisotopic (exact) mass is 370 g/mol. The van der Waals surface area contributed by atoms with Crippen molar-refractivity contribution < 1.29 is 14.3 Å². The van der Waals surface area contributed by atoms with Gasteiger partial charge in [-0.05, 0) is 49.9 Å². The number of hydrogen-bond acceptors (Lipinski definition) is 3. The molecule has 1 unspecified atom stereocenters. The number of carbonyl (C=O) groups is 2. The Bertz CT molecular complexity index is 659. The third-order valence-electron chi connectivity index (χ3n) is 6.55. The molecule has 146 valence electrons. The van der Waals surface area contributed by atoms with Crippen molar-refractivity contribution in [1.82, 2.24) is 4.90 Å². The van der Waals surface area contributed by atoms with Gasteiger partial charge in [-0.3, -0.25) is 9.59 Å². The zero-order valence-corrected chi connectivity index (χ0v) is 16.2. The summed E-state index contributed by atoms with van der Waals surface area (Å²) in [6.07, 6.45) is 9.75. The summed E-state index contributed by atoms with van der Waals surface area (Å²) in [4.78, 5) is 30.1. The van der Waals surface area contributed by atoms with Crippen LogP contribution in [0.5, 0.6) is 5.75 Å². The predicted molar refractivity (Wildman–Crippen MR) is 105 cm³/mol. The van der Waals surface area contributed by atoms with Crippen molar-refractivity contribution in [2.45, 2.75) is 69.9 Å². The fourth-order valence-electron chi connectivity index (χ4n) is 5.12. The first kappa shape index (κ1) is 18.3. The summed E-state index contributed by atoms with van der Waals surface area (Å²) in [5, 5.41) is 0. The van der Waals surface area contributed by atoms with Gasteiger partial charge in [0.05, 0.1) is 13.0 Å². The van der Waals surface area contributed by atoms with E-state index in [0.29, 0.717) is 25.0 Å². The van der Waals surface area contributed by atoms with E-state index in [0.717, 1.165) is 37.1 Å². The van der Waals surface area contributed by atoms with E-state index in [9.17, 15) is 9.59 Å². The van der Waals surface area contributed by atoms with Crippen molar-refractivity contribution in [1.29, 1.82) is 0 Å². The molecule has 1 aliphatic heterocycles. The molecule has 1 aromatic carbocycles. The van der Waals surface area contributed by atoms with Crippen LogP contribution in [-0.4, -0.2) is 42.5 Å². The SMILES string of the molecule is COc1ccc(N2CC(C(=O)N(C3CCCC3)C3CCCC3)CC2=O)cc1. The van der Waals surface area contributed by atoms with Gasteiger partial charge >= 0.3 is 0 Å². The van der Waals surface area contributed by atoms with Crippen LogP contribution in [-0.2, 0) is 9.59 Å². The smallest absolute Gasteiger partial charge is 0.228 e. The molecule has 2 aliphatic carbocycles. The van der Waals surface area contributed by atoms with E-state index >= 15 is 0 Å². The molecule has 1 atom stereocenters. The summed E-state index contributed by atoms with van der Waals surface area (Å²) in [5.74, 6) is 0.835. The van der Waals surface area contributed by atoms with Gasteiger partial charge in [-0.1, -0.05) is 25.7 Å². The number of nitrogens with zero attached hydrogens (tertiary/aromatic N) is 2. The summed E-state index contributed by atoms with van der Waals surface area (Å²) in [6.45, 7) is 0.500. The van der Waals surface area contributed by atoms with Gasteiger partial charge in [0, 0.05) is 30.7 Å². The molecule has 1 aromatic rings. The molecular formula is C22H30N2O3. The Balaban J connectivity index is 1.49. The summed E-state index contributed by atoms with van der Waals surface area (Å²) in [7, 11) is 1.63. The van der Waals surface area contributed by atoms with Gasteiger partial charge < -0.3 is 14.5 Å². The highest BCUT2D eigenvalue weighted by Gasteiger charge is 2.42. The van der Waals surface area contributed by atoms with E-state index in [1.807, 2.05) is 24.3 Å². The second kappa shape index (κ2) is 7.91. The van der Waals surface area contributed by atoms with Crippen LogP contribution in [0.15, 0.2) is 24.3 Å². The van der Waals surface area contributed by atoms with Crippen molar-refractivity contribution in [3.05, 3.63) is 24.3 Å². The minimum atomic E-state index is -0.208. The largest absolute Gasteiger partial charge is 0.497 e. The molecule has 5 heteroatoms. The zero-order valence-electron chi connectivity index (χ0n) is 16.2. The van der Waals surface area contributed by atoms with Crippen molar-refractivity contribution >= 4 is 17.5 Å². The van der Waals surface area contributed by atoms with E-state index in [1.54, 1.807) is 12.0 Å². The Morgan fingerprint density at radius 3 is 2.07 bits per heavy atom. The first-order valence-corrected chi connectivity index (χ1v) is 10.4. The molecule has 27 heavy (non-hydrogen) atoms.